The summed E-state index contributed by atoms with van der Waals surface area (Å²) in [5.41, 5.74) is 2.99. The van der Waals surface area contributed by atoms with Crippen LogP contribution in [-0.2, 0) is 15.0 Å². The normalized spacial score (nSPS) is 26.0. The molecule has 4 nitrogen and oxygen atoms in total. The Morgan fingerprint density at radius 3 is 2.50 bits per heavy atom. The molecule has 1 N–H and O–H groups in total. The zero-order valence-corrected chi connectivity index (χ0v) is 16.8. The molecule has 2 saturated carbocycles. The molecule has 1 aromatic carbocycles. The van der Waals surface area contributed by atoms with Gasteiger partial charge in [0.25, 0.3) is 0 Å². The lowest BCUT2D eigenvalue weighted by Crippen LogP contribution is -2.47. The number of piperidine rings is 1. The number of carbonyl (C=O) groups is 2. The first-order valence-corrected chi connectivity index (χ1v) is 11.3. The van der Waals surface area contributed by atoms with E-state index in [1.165, 1.54) is 30.4 Å². The standard InChI is InChI=1S/C24H32N2O2/c27-22(25-16-17-8-9-17)14-19-15-24(21-7-2-1-6-20(19)21)10-12-26(13-11-24)23(28)18-4-3-5-18/h1-2,6-7,17-19H,3-5,8-16H2,(H,25,27). The van der Waals surface area contributed by atoms with Crippen LogP contribution in [0.5, 0.6) is 0 Å². The molecule has 1 heterocycles. The Morgan fingerprint density at radius 1 is 1.07 bits per heavy atom. The summed E-state index contributed by atoms with van der Waals surface area (Å²) in [5.74, 6) is 1.95. The minimum Gasteiger partial charge on any atom is -0.356 e. The second-order valence-electron chi connectivity index (χ2n) is 9.67. The van der Waals surface area contributed by atoms with E-state index in [2.05, 4.69) is 34.5 Å². The molecule has 28 heavy (non-hydrogen) atoms. The number of rotatable bonds is 5. The van der Waals surface area contributed by atoms with Crippen LogP contribution in [0.2, 0.25) is 0 Å². The molecule has 1 spiro atoms. The van der Waals surface area contributed by atoms with Gasteiger partial charge in [-0.15, -0.1) is 0 Å². The fraction of sp³-hybridized carbons (Fsp3) is 0.667. The Labute approximate surface area is 168 Å². The lowest BCUT2D eigenvalue weighted by molar-refractivity contribution is -0.139. The van der Waals surface area contributed by atoms with Crippen molar-refractivity contribution in [1.29, 1.82) is 0 Å². The van der Waals surface area contributed by atoms with E-state index in [-0.39, 0.29) is 11.3 Å². The first-order valence-electron chi connectivity index (χ1n) is 11.3. The zero-order valence-electron chi connectivity index (χ0n) is 16.8. The lowest BCUT2D eigenvalue weighted by Gasteiger charge is -2.42. The number of hydrogen-bond acceptors (Lipinski definition) is 2. The maximum atomic E-state index is 12.6. The van der Waals surface area contributed by atoms with Gasteiger partial charge in [0.2, 0.25) is 11.8 Å². The zero-order chi connectivity index (χ0) is 19.1. The highest BCUT2D eigenvalue weighted by atomic mass is 16.2. The topological polar surface area (TPSA) is 49.4 Å². The summed E-state index contributed by atoms with van der Waals surface area (Å²) in [4.78, 5) is 27.3. The van der Waals surface area contributed by atoms with Crippen molar-refractivity contribution in [2.75, 3.05) is 19.6 Å². The van der Waals surface area contributed by atoms with Crippen molar-refractivity contribution in [3.05, 3.63) is 35.4 Å². The summed E-state index contributed by atoms with van der Waals surface area (Å²) < 4.78 is 0. The van der Waals surface area contributed by atoms with Crippen LogP contribution in [0.25, 0.3) is 0 Å². The smallest absolute Gasteiger partial charge is 0.225 e. The second kappa shape index (κ2) is 7.20. The van der Waals surface area contributed by atoms with Gasteiger partial charge in [-0.1, -0.05) is 30.7 Å². The van der Waals surface area contributed by atoms with Crippen molar-refractivity contribution in [1.82, 2.24) is 10.2 Å². The summed E-state index contributed by atoms with van der Waals surface area (Å²) >= 11 is 0. The van der Waals surface area contributed by atoms with Crippen molar-refractivity contribution in [3.8, 4) is 0 Å². The number of nitrogens with one attached hydrogen (secondary N) is 1. The molecule has 1 aromatic rings. The molecule has 4 heteroatoms. The minimum absolute atomic E-state index is 0.161. The van der Waals surface area contributed by atoms with Crippen molar-refractivity contribution in [2.45, 2.75) is 69.1 Å². The fourth-order valence-electron chi connectivity index (χ4n) is 5.63. The average molecular weight is 381 g/mol. The second-order valence-corrected chi connectivity index (χ2v) is 9.67. The monoisotopic (exact) mass is 380 g/mol. The number of carbonyl (C=O) groups excluding carboxylic acids is 2. The first-order chi connectivity index (χ1) is 13.6. The summed E-state index contributed by atoms with van der Waals surface area (Å²) in [6.07, 6.45) is 9.68. The molecular formula is C24H32N2O2. The molecule has 0 bridgehead atoms. The van der Waals surface area contributed by atoms with E-state index < -0.39 is 0 Å². The first kappa shape index (κ1) is 18.2. The molecule has 5 rings (SSSR count). The van der Waals surface area contributed by atoms with Crippen molar-refractivity contribution in [3.63, 3.8) is 0 Å². The van der Waals surface area contributed by atoms with Crippen LogP contribution in [0.4, 0.5) is 0 Å². The number of hydrogen-bond donors (Lipinski definition) is 1. The minimum atomic E-state index is 0.161. The van der Waals surface area contributed by atoms with Crippen molar-refractivity contribution < 1.29 is 9.59 Å². The maximum Gasteiger partial charge on any atom is 0.225 e. The van der Waals surface area contributed by atoms with Crippen LogP contribution in [0.3, 0.4) is 0 Å². The highest BCUT2D eigenvalue weighted by Crippen LogP contribution is 2.52. The predicted molar refractivity (Wildman–Crippen MR) is 109 cm³/mol. The van der Waals surface area contributed by atoms with Gasteiger partial charge in [-0.3, -0.25) is 9.59 Å². The Bertz CT molecular complexity index is 758. The molecule has 0 aromatic heterocycles. The van der Waals surface area contributed by atoms with Gasteiger partial charge in [-0.05, 0) is 73.3 Å². The molecule has 1 aliphatic heterocycles. The third-order valence-corrected chi connectivity index (χ3v) is 7.81. The van der Waals surface area contributed by atoms with Crippen LogP contribution in [0.1, 0.15) is 74.8 Å². The Kier molecular flexibility index (Phi) is 4.68. The number of fused-ring (bicyclic) bond motifs is 2. The maximum absolute atomic E-state index is 12.6. The molecule has 1 unspecified atom stereocenters. The van der Waals surface area contributed by atoms with Gasteiger partial charge in [0.05, 0.1) is 0 Å². The highest BCUT2D eigenvalue weighted by Gasteiger charge is 2.46. The predicted octanol–water partition coefficient (Wildman–Crippen LogP) is 3.75. The van der Waals surface area contributed by atoms with Gasteiger partial charge in [0.1, 0.15) is 0 Å². The Balaban J connectivity index is 1.26. The molecule has 3 aliphatic carbocycles. The lowest BCUT2D eigenvalue weighted by atomic mass is 9.72. The average Bonchev–Trinajstić information content (AvgIpc) is 3.45. The van der Waals surface area contributed by atoms with Gasteiger partial charge in [0.15, 0.2) is 0 Å². The molecule has 1 atom stereocenters. The van der Waals surface area contributed by atoms with Crippen molar-refractivity contribution >= 4 is 11.8 Å². The van der Waals surface area contributed by atoms with E-state index in [1.54, 1.807) is 0 Å². The number of amides is 2. The fourth-order valence-corrected chi connectivity index (χ4v) is 5.63. The molecule has 1 saturated heterocycles. The van der Waals surface area contributed by atoms with Gasteiger partial charge in [0, 0.05) is 32.0 Å². The molecule has 0 radical (unpaired) electrons. The molecular weight excluding hydrogens is 348 g/mol. The van der Waals surface area contributed by atoms with E-state index in [1.807, 2.05) is 0 Å². The van der Waals surface area contributed by atoms with Crippen LogP contribution in [-0.4, -0.2) is 36.3 Å². The summed E-state index contributed by atoms with van der Waals surface area (Å²) in [6.45, 7) is 2.62. The molecule has 3 fully saturated rings. The summed E-state index contributed by atoms with van der Waals surface area (Å²) in [6, 6.07) is 8.76. The quantitative estimate of drug-likeness (QED) is 0.846. The van der Waals surface area contributed by atoms with Crippen molar-refractivity contribution in [2.24, 2.45) is 11.8 Å². The molecule has 150 valence electrons. The van der Waals surface area contributed by atoms with Gasteiger partial charge in [-0.2, -0.15) is 0 Å². The van der Waals surface area contributed by atoms with E-state index in [4.69, 9.17) is 0 Å². The van der Waals surface area contributed by atoms with Crippen LogP contribution in [0, 0.1) is 11.8 Å². The van der Waals surface area contributed by atoms with E-state index >= 15 is 0 Å². The van der Waals surface area contributed by atoms with Crippen LogP contribution in [0.15, 0.2) is 24.3 Å². The Morgan fingerprint density at radius 2 is 1.82 bits per heavy atom. The summed E-state index contributed by atoms with van der Waals surface area (Å²) in [7, 11) is 0. The third-order valence-electron chi connectivity index (χ3n) is 7.81. The van der Waals surface area contributed by atoms with E-state index in [0.717, 1.165) is 57.7 Å². The van der Waals surface area contributed by atoms with E-state index in [0.29, 0.717) is 24.2 Å². The van der Waals surface area contributed by atoms with Gasteiger partial charge >= 0.3 is 0 Å². The summed E-state index contributed by atoms with van der Waals surface area (Å²) in [5, 5.41) is 3.15. The third kappa shape index (κ3) is 3.35. The van der Waals surface area contributed by atoms with Gasteiger partial charge in [-0.25, -0.2) is 0 Å². The largest absolute Gasteiger partial charge is 0.356 e. The number of likely N-dealkylation sites (tertiary alicyclic amines) is 1. The number of nitrogens with zero attached hydrogens (tertiary/aromatic N) is 1. The van der Waals surface area contributed by atoms with Crippen LogP contribution < -0.4 is 5.32 Å². The molecule has 2 amide bonds. The molecule has 4 aliphatic rings. The Hall–Kier alpha value is -1.84. The highest BCUT2D eigenvalue weighted by molar-refractivity contribution is 5.80. The SMILES string of the molecule is O=C(CC1CC2(CCN(C(=O)C3CCC3)CC2)c2ccccc21)NCC1CC1. The van der Waals surface area contributed by atoms with Gasteiger partial charge < -0.3 is 10.2 Å². The van der Waals surface area contributed by atoms with E-state index in [9.17, 15) is 9.59 Å². The van der Waals surface area contributed by atoms with Crippen LogP contribution >= 0.6 is 0 Å². The number of benzene rings is 1.